The summed E-state index contributed by atoms with van der Waals surface area (Å²) >= 11 is 0. The Balaban J connectivity index is 1.44. The first-order valence-electron chi connectivity index (χ1n) is 10.8. The van der Waals surface area contributed by atoms with E-state index in [-0.39, 0.29) is 25.0 Å². The molecule has 0 atom stereocenters. The molecule has 0 saturated carbocycles. The summed E-state index contributed by atoms with van der Waals surface area (Å²) in [4.78, 5) is 40.9. The fourth-order valence-electron chi connectivity index (χ4n) is 3.76. The number of aryl methyl sites for hydroxylation is 4. The van der Waals surface area contributed by atoms with Crippen molar-refractivity contribution in [2.24, 2.45) is 0 Å². The fourth-order valence-corrected chi connectivity index (χ4v) is 3.76. The number of aromatic nitrogens is 1. The highest BCUT2D eigenvalue weighted by Gasteiger charge is 2.25. The molecular formula is C23H30N4O5. The molecule has 0 bridgehead atoms. The third-order valence-corrected chi connectivity index (χ3v) is 5.64. The van der Waals surface area contributed by atoms with Crippen LogP contribution in [0.4, 0.5) is 5.69 Å². The zero-order valence-electron chi connectivity index (χ0n) is 19.1. The molecule has 2 heterocycles. The lowest BCUT2D eigenvalue weighted by molar-refractivity contribution is -0.136. The Morgan fingerprint density at radius 3 is 2.38 bits per heavy atom. The van der Waals surface area contributed by atoms with E-state index in [4.69, 9.17) is 9.26 Å². The predicted molar refractivity (Wildman–Crippen MR) is 118 cm³/mol. The lowest BCUT2D eigenvalue weighted by Crippen LogP contribution is -2.51. The van der Waals surface area contributed by atoms with Crippen LogP contribution in [0.1, 0.15) is 39.9 Å². The smallest absolute Gasteiger partial charge is 0.344 e. The molecule has 9 heteroatoms. The summed E-state index contributed by atoms with van der Waals surface area (Å²) in [7, 11) is 0. The number of carbonyl (C=O) groups excluding carboxylic acids is 3. The van der Waals surface area contributed by atoms with Gasteiger partial charge >= 0.3 is 5.97 Å². The van der Waals surface area contributed by atoms with E-state index in [0.717, 1.165) is 16.8 Å². The van der Waals surface area contributed by atoms with Gasteiger partial charge in [0.2, 0.25) is 5.91 Å². The minimum atomic E-state index is -0.601. The van der Waals surface area contributed by atoms with Gasteiger partial charge in [-0.2, -0.15) is 0 Å². The van der Waals surface area contributed by atoms with Crippen molar-refractivity contribution >= 4 is 23.5 Å². The zero-order chi connectivity index (χ0) is 23.3. The lowest BCUT2D eigenvalue weighted by Gasteiger charge is -2.34. The van der Waals surface area contributed by atoms with Gasteiger partial charge in [0.1, 0.15) is 11.3 Å². The first-order chi connectivity index (χ1) is 15.3. The van der Waals surface area contributed by atoms with Crippen LogP contribution in [-0.2, 0) is 20.7 Å². The molecule has 1 aromatic carbocycles. The zero-order valence-corrected chi connectivity index (χ0v) is 19.1. The predicted octanol–water partition coefficient (Wildman–Crippen LogP) is 2.10. The number of carbonyl (C=O) groups is 3. The van der Waals surface area contributed by atoms with E-state index in [1.165, 1.54) is 0 Å². The van der Waals surface area contributed by atoms with E-state index in [9.17, 15) is 14.4 Å². The molecule has 1 saturated heterocycles. The molecule has 0 unspecified atom stereocenters. The summed E-state index contributed by atoms with van der Waals surface area (Å²) in [6, 6.07) is 5.89. The highest BCUT2D eigenvalue weighted by Crippen LogP contribution is 2.19. The summed E-state index contributed by atoms with van der Waals surface area (Å²) in [5.41, 5.74) is 3.71. The van der Waals surface area contributed by atoms with Crippen LogP contribution in [0.2, 0.25) is 0 Å². The van der Waals surface area contributed by atoms with Gasteiger partial charge in [-0.15, -0.1) is 0 Å². The molecule has 1 aliphatic heterocycles. The van der Waals surface area contributed by atoms with Gasteiger partial charge in [-0.05, 0) is 38.3 Å². The minimum absolute atomic E-state index is 0.0769. The van der Waals surface area contributed by atoms with Gasteiger partial charge in [0.05, 0.1) is 12.2 Å². The molecule has 0 radical (unpaired) electrons. The monoisotopic (exact) mass is 442 g/mol. The van der Waals surface area contributed by atoms with Gasteiger partial charge in [0.25, 0.3) is 5.91 Å². The van der Waals surface area contributed by atoms with E-state index in [1.54, 1.807) is 11.8 Å². The van der Waals surface area contributed by atoms with Crippen LogP contribution in [0.3, 0.4) is 0 Å². The average Bonchev–Trinajstić information content (AvgIpc) is 3.15. The topological polar surface area (TPSA) is 105 Å². The molecule has 0 aliphatic carbocycles. The maximum Gasteiger partial charge on any atom is 0.344 e. The number of para-hydroxylation sites is 1. The molecular weight excluding hydrogens is 412 g/mol. The summed E-state index contributed by atoms with van der Waals surface area (Å²) < 4.78 is 10.2. The molecule has 9 nitrogen and oxygen atoms in total. The maximum atomic E-state index is 12.5. The van der Waals surface area contributed by atoms with Crippen molar-refractivity contribution in [1.82, 2.24) is 15.0 Å². The molecule has 32 heavy (non-hydrogen) atoms. The summed E-state index contributed by atoms with van der Waals surface area (Å²) in [5.74, 6) is -0.556. The van der Waals surface area contributed by atoms with Crippen LogP contribution in [0, 0.1) is 20.8 Å². The van der Waals surface area contributed by atoms with E-state index < -0.39 is 5.97 Å². The Morgan fingerprint density at radius 2 is 1.75 bits per heavy atom. The van der Waals surface area contributed by atoms with Gasteiger partial charge in [0.15, 0.2) is 6.61 Å². The largest absolute Gasteiger partial charge is 0.452 e. The molecule has 3 rings (SSSR count). The van der Waals surface area contributed by atoms with E-state index in [1.807, 2.05) is 43.9 Å². The summed E-state index contributed by atoms with van der Waals surface area (Å²) in [5, 5.41) is 6.82. The third kappa shape index (κ3) is 5.53. The molecule has 1 aromatic heterocycles. The van der Waals surface area contributed by atoms with Gasteiger partial charge in [-0.1, -0.05) is 30.3 Å². The summed E-state index contributed by atoms with van der Waals surface area (Å²) in [6.45, 7) is 9.45. The number of hydrogen-bond acceptors (Lipinski definition) is 7. The van der Waals surface area contributed by atoms with Crippen molar-refractivity contribution in [1.29, 1.82) is 0 Å². The molecule has 1 N–H and O–H groups in total. The van der Waals surface area contributed by atoms with Crippen LogP contribution < -0.4 is 5.32 Å². The fraction of sp³-hybridized carbons (Fsp3) is 0.478. The number of ether oxygens (including phenoxy) is 1. The molecule has 1 aliphatic rings. The highest BCUT2D eigenvalue weighted by molar-refractivity contribution is 5.94. The Morgan fingerprint density at radius 1 is 1.09 bits per heavy atom. The quantitative estimate of drug-likeness (QED) is 0.655. The van der Waals surface area contributed by atoms with Crippen LogP contribution in [0.25, 0.3) is 0 Å². The normalized spacial score (nSPS) is 14.3. The number of rotatable bonds is 7. The standard InChI is InChI=1S/C23H30N4O5/c1-5-18-21(17(4)32-25-18)23(30)31-14-20(29)27-11-9-26(10-12-27)13-19(28)24-22-15(2)7-6-8-16(22)3/h6-8H,5,9-14H2,1-4H3,(H,24,28). The number of benzene rings is 1. The first-order valence-corrected chi connectivity index (χ1v) is 10.8. The number of anilines is 1. The second kappa shape index (κ2) is 10.4. The minimum Gasteiger partial charge on any atom is -0.452 e. The molecule has 0 spiro atoms. The molecule has 2 amide bonds. The SMILES string of the molecule is CCc1noc(C)c1C(=O)OCC(=O)N1CCN(CC(=O)Nc2c(C)cccc2C)CC1. The van der Waals surface area contributed by atoms with Crippen molar-refractivity contribution in [3.05, 3.63) is 46.3 Å². The number of nitrogens with one attached hydrogen (secondary N) is 1. The van der Waals surface area contributed by atoms with Crippen LogP contribution in [0.15, 0.2) is 22.7 Å². The second-order valence-corrected chi connectivity index (χ2v) is 7.96. The molecule has 1 fully saturated rings. The number of piperazine rings is 1. The van der Waals surface area contributed by atoms with Gasteiger partial charge in [-0.25, -0.2) is 4.79 Å². The van der Waals surface area contributed by atoms with E-state index in [2.05, 4.69) is 10.5 Å². The third-order valence-electron chi connectivity index (χ3n) is 5.64. The van der Waals surface area contributed by atoms with Crippen LogP contribution >= 0.6 is 0 Å². The Hall–Kier alpha value is -3.20. The Labute approximate surface area is 187 Å². The van der Waals surface area contributed by atoms with Gasteiger partial charge < -0.3 is 19.5 Å². The Kier molecular flexibility index (Phi) is 7.63. The lowest BCUT2D eigenvalue weighted by atomic mass is 10.1. The number of hydrogen-bond donors (Lipinski definition) is 1. The van der Waals surface area contributed by atoms with Crippen molar-refractivity contribution in [3.63, 3.8) is 0 Å². The van der Waals surface area contributed by atoms with E-state index in [0.29, 0.717) is 49.6 Å². The second-order valence-electron chi connectivity index (χ2n) is 7.96. The van der Waals surface area contributed by atoms with Crippen LogP contribution in [-0.4, -0.2) is 72.1 Å². The van der Waals surface area contributed by atoms with Crippen molar-refractivity contribution in [2.75, 3.05) is 44.6 Å². The maximum absolute atomic E-state index is 12.5. The number of amides is 2. The van der Waals surface area contributed by atoms with E-state index >= 15 is 0 Å². The number of nitrogens with zero attached hydrogens (tertiary/aromatic N) is 3. The van der Waals surface area contributed by atoms with Gasteiger partial charge in [-0.3, -0.25) is 14.5 Å². The highest BCUT2D eigenvalue weighted by atomic mass is 16.5. The average molecular weight is 443 g/mol. The number of esters is 1. The Bertz CT molecular complexity index is 972. The summed E-state index contributed by atoms with van der Waals surface area (Å²) in [6.07, 6.45) is 0.536. The first kappa shape index (κ1) is 23.5. The molecule has 2 aromatic rings. The van der Waals surface area contributed by atoms with Crippen molar-refractivity contribution < 1.29 is 23.6 Å². The van der Waals surface area contributed by atoms with Gasteiger partial charge in [0, 0.05) is 31.9 Å². The molecule has 172 valence electrons. The van der Waals surface area contributed by atoms with Crippen molar-refractivity contribution in [3.8, 4) is 0 Å². The van der Waals surface area contributed by atoms with Crippen molar-refractivity contribution in [2.45, 2.75) is 34.1 Å². The van der Waals surface area contributed by atoms with Crippen LogP contribution in [0.5, 0.6) is 0 Å².